The van der Waals surface area contributed by atoms with Crippen molar-refractivity contribution in [2.45, 2.75) is 19.4 Å². The van der Waals surface area contributed by atoms with Gasteiger partial charge in [-0.1, -0.05) is 0 Å². The van der Waals surface area contributed by atoms with Crippen LogP contribution in [0.15, 0.2) is 52.2 Å². The third-order valence-corrected chi connectivity index (χ3v) is 4.05. The van der Waals surface area contributed by atoms with E-state index in [1.165, 1.54) is 12.3 Å². The first-order valence-corrected chi connectivity index (χ1v) is 8.66. The maximum absolute atomic E-state index is 13.4. The first-order valence-electron chi connectivity index (χ1n) is 8.66. The zero-order valence-electron chi connectivity index (χ0n) is 14.6. The number of aromatic nitrogens is 1. The van der Waals surface area contributed by atoms with Crippen molar-refractivity contribution in [1.29, 1.82) is 0 Å². The van der Waals surface area contributed by atoms with Crippen LogP contribution in [0, 0.1) is 5.82 Å². The van der Waals surface area contributed by atoms with Gasteiger partial charge in [-0.25, -0.2) is 4.39 Å². The molecule has 0 aliphatic rings. The van der Waals surface area contributed by atoms with Gasteiger partial charge >= 0.3 is 0 Å². The van der Waals surface area contributed by atoms with Crippen LogP contribution in [-0.4, -0.2) is 35.7 Å². The Bertz CT molecular complexity index is 858. The number of benzene rings is 1. The predicted molar refractivity (Wildman–Crippen MR) is 99.6 cm³/mol. The largest absolute Gasteiger partial charge is 0.467 e. The number of aliphatic hydroxyl groups excluding tert-OH is 1. The smallest absolute Gasteiger partial charge is 0.191 e. The van der Waals surface area contributed by atoms with Crippen LogP contribution < -0.4 is 10.6 Å². The molecule has 0 amide bonds. The summed E-state index contributed by atoms with van der Waals surface area (Å²) in [6.07, 6.45) is 3.36. The molecular weight excluding hydrogens is 335 g/mol. The van der Waals surface area contributed by atoms with E-state index >= 15 is 0 Å². The van der Waals surface area contributed by atoms with Gasteiger partial charge in [0.25, 0.3) is 0 Å². The standard InChI is InChI=1S/C19H23FN4O2/c1-2-21-19(24-12-17(25)18-4-3-9-26-18)22-8-7-13-11-23-16-6-5-14(20)10-15(13)16/h3-6,9-11,17,23,25H,2,7-8,12H2,1H3,(H2,21,22,24). The second kappa shape index (κ2) is 8.53. The second-order valence-corrected chi connectivity index (χ2v) is 5.93. The predicted octanol–water partition coefficient (Wildman–Crippen LogP) is 2.73. The highest BCUT2D eigenvalue weighted by atomic mass is 19.1. The first kappa shape index (κ1) is 18.0. The van der Waals surface area contributed by atoms with Crippen LogP contribution in [0.1, 0.15) is 24.4 Å². The molecule has 1 atom stereocenters. The average Bonchev–Trinajstić information content (AvgIpc) is 3.29. The van der Waals surface area contributed by atoms with Crippen LogP contribution in [0.2, 0.25) is 0 Å². The summed E-state index contributed by atoms with van der Waals surface area (Å²) < 4.78 is 18.6. The number of aliphatic hydroxyl groups is 1. The molecule has 2 aromatic heterocycles. The van der Waals surface area contributed by atoms with Gasteiger partial charge in [0.1, 0.15) is 17.7 Å². The first-order chi connectivity index (χ1) is 12.7. The maximum Gasteiger partial charge on any atom is 0.191 e. The van der Waals surface area contributed by atoms with Crippen molar-refractivity contribution < 1.29 is 13.9 Å². The molecule has 1 unspecified atom stereocenters. The molecular formula is C19H23FN4O2. The Kier molecular flexibility index (Phi) is 5.91. The van der Waals surface area contributed by atoms with E-state index < -0.39 is 6.10 Å². The molecule has 0 fully saturated rings. The van der Waals surface area contributed by atoms with Crippen LogP contribution >= 0.6 is 0 Å². The minimum Gasteiger partial charge on any atom is -0.467 e. The number of rotatable bonds is 7. The lowest BCUT2D eigenvalue weighted by Gasteiger charge is -2.12. The SMILES string of the molecule is CCNC(=NCC(O)c1ccco1)NCCc1c[nH]c2ccc(F)cc12. The number of furan rings is 1. The molecule has 7 heteroatoms. The Balaban J connectivity index is 1.57. The lowest BCUT2D eigenvalue weighted by molar-refractivity contribution is 0.158. The van der Waals surface area contributed by atoms with Crippen molar-refractivity contribution in [3.05, 3.63) is 59.9 Å². The Hall–Kier alpha value is -2.80. The summed E-state index contributed by atoms with van der Waals surface area (Å²) >= 11 is 0. The maximum atomic E-state index is 13.4. The molecule has 0 saturated carbocycles. The van der Waals surface area contributed by atoms with E-state index in [0.29, 0.717) is 31.2 Å². The van der Waals surface area contributed by atoms with E-state index in [2.05, 4.69) is 20.6 Å². The van der Waals surface area contributed by atoms with Gasteiger partial charge in [0.05, 0.1) is 12.8 Å². The highest BCUT2D eigenvalue weighted by Crippen LogP contribution is 2.19. The lowest BCUT2D eigenvalue weighted by Crippen LogP contribution is -2.38. The third kappa shape index (κ3) is 4.43. The van der Waals surface area contributed by atoms with E-state index in [9.17, 15) is 9.50 Å². The molecule has 0 spiro atoms. The number of aromatic amines is 1. The van der Waals surface area contributed by atoms with E-state index in [1.54, 1.807) is 24.3 Å². The van der Waals surface area contributed by atoms with Crippen LogP contribution in [0.4, 0.5) is 4.39 Å². The van der Waals surface area contributed by atoms with Gasteiger partial charge in [0.2, 0.25) is 0 Å². The molecule has 138 valence electrons. The Morgan fingerprint density at radius 3 is 3.00 bits per heavy atom. The summed E-state index contributed by atoms with van der Waals surface area (Å²) in [6.45, 7) is 3.51. The summed E-state index contributed by atoms with van der Waals surface area (Å²) in [5.74, 6) is 0.864. The van der Waals surface area contributed by atoms with Crippen molar-refractivity contribution in [2.75, 3.05) is 19.6 Å². The van der Waals surface area contributed by atoms with Crippen molar-refractivity contribution in [1.82, 2.24) is 15.6 Å². The number of hydrogen-bond donors (Lipinski definition) is 4. The van der Waals surface area contributed by atoms with Crippen LogP contribution in [0.5, 0.6) is 0 Å². The zero-order valence-corrected chi connectivity index (χ0v) is 14.6. The van der Waals surface area contributed by atoms with Crippen molar-refractivity contribution >= 4 is 16.9 Å². The van der Waals surface area contributed by atoms with E-state index in [0.717, 1.165) is 16.5 Å². The van der Waals surface area contributed by atoms with Gasteiger partial charge in [-0.05, 0) is 49.2 Å². The summed E-state index contributed by atoms with van der Waals surface area (Å²) in [7, 11) is 0. The molecule has 3 aromatic rings. The molecule has 0 aliphatic carbocycles. The molecule has 0 aliphatic heterocycles. The number of nitrogens with one attached hydrogen (secondary N) is 3. The summed E-state index contributed by atoms with van der Waals surface area (Å²) in [5, 5.41) is 17.3. The van der Waals surface area contributed by atoms with Crippen molar-refractivity contribution in [3.8, 4) is 0 Å². The average molecular weight is 358 g/mol. The van der Waals surface area contributed by atoms with E-state index in [4.69, 9.17) is 4.42 Å². The number of H-pyrrole nitrogens is 1. The molecule has 0 bridgehead atoms. The van der Waals surface area contributed by atoms with Gasteiger partial charge in [0, 0.05) is 30.2 Å². The lowest BCUT2D eigenvalue weighted by atomic mass is 10.1. The normalized spacial score (nSPS) is 13.1. The third-order valence-electron chi connectivity index (χ3n) is 4.05. The number of fused-ring (bicyclic) bond motifs is 1. The number of guanidine groups is 1. The number of aliphatic imine (C=N–C) groups is 1. The summed E-state index contributed by atoms with van der Waals surface area (Å²) in [4.78, 5) is 7.53. The van der Waals surface area contributed by atoms with Crippen molar-refractivity contribution in [3.63, 3.8) is 0 Å². The molecule has 3 rings (SSSR count). The number of halogens is 1. The molecule has 2 heterocycles. The second-order valence-electron chi connectivity index (χ2n) is 5.93. The van der Waals surface area contributed by atoms with Gasteiger partial charge in [-0.3, -0.25) is 4.99 Å². The van der Waals surface area contributed by atoms with Crippen LogP contribution in [0.3, 0.4) is 0 Å². The number of hydrogen-bond acceptors (Lipinski definition) is 3. The molecule has 6 nitrogen and oxygen atoms in total. The molecule has 0 saturated heterocycles. The highest BCUT2D eigenvalue weighted by molar-refractivity contribution is 5.83. The van der Waals surface area contributed by atoms with Gasteiger partial charge in [-0.2, -0.15) is 0 Å². The fraction of sp³-hybridized carbons (Fsp3) is 0.316. The van der Waals surface area contributed by atoms with Gasteiger partial charge in [0.15, 0.2) is 5.96 Å². The van der Waals surface area contributed by atoms with Crippen LogP contribution in [-0.2, 0) is 6.42 Å². The topological polar surface area (TPSA) is 85.6 Å². The molecule has 1 aromatic carbocycles. The summed E-state index contributed by atoms with van der Waals surface area (Å²) in [5.41, 5.74) is 1.96. The monoisotopic (exact) mass is 358 g/mol. The fourth-order valence-corrected chi connectivity index (χ4v) is 2.76. The van der Waals surface area contributed by atoms with Gasteiger partial charge < -0.3 is 25.1 Å². The fourth-order valence-electron chi connectivity index (χ4n) is 2.76. The Morgan fingerprint density at radius 1 is 1.35 bits per heavy atom. The minimum absolute atomic E-state index is 0.196. The molecule has 26 heavy (non-hydrogen) atoms. The van der Waals surface area contributed by atoms with Gasteiger partial charge in [-0.15, -0.1) is 0 Å². The Labute approximate surface area is 151 Å². The van der Waals surface area contributed by atoms with E-state index in [-0.39, 0.29) is 12.4 Å². The zero-order chi connectivity index (χ0) is 18.4. The quantitative estimate of drug-likeness (QED) is 0.386. The van der Waals surface area contributed by atoms with Crippen LogP contribution in [0.25, 0.3) is 10.9 Å². The number of nitrogens with zero attached hydrogens (tertiary/aromatic N) is 1. The van der Waals surface area contributed by atoms with E-state index in [1.807, 2.05) is 13.1 Å². The highest BCUT2D eigenvalue weighted by Gasteiger charge is 2.10. The minimum atomic E-state index is -0.781. The Morgan fingerprint density at radius 2 is 2.23 bits per heavy atom. The molecule has 0 radical (unpaired) electrons. The summed E-state index contributed by atoms with van der Waals surface area (Å²) in [6, 6.07) is 8.18. The van der Waals surface area contributed by atoms with Crippen molar-refractivity contribution in [2.24, 2.45) is 4.99 Å². The molecule has 4 N–H and O–H groups in total.